The van der Waals surface area contributed by atoms with Crippen LogP contribution in [0.5, 0.6) is 0 Å². The van der Waals surface area contributed by atoms with Crippen LogP contribution in [0, 0.1) is 5.41 Å². The van der Waals surface area contributed by atoms with Gasteiger partial charge in [-0.05, 0) is 32.4 Å². The lowest BCUT2D eigenvalue weighted by molar-refractivity contribution is -0.161. The molecule has 0 heterocycles. The van der Waals surface area contributed by atoms with E-state index in [0.717, 1.165) is 10.0 Å². The van der Waals surface area contributed by atoms with Gasteiger partial charge < -0.3 is 4.84 Å². The van der Waals surface area contributed by atoms with Crippen LogP contribution >= 0.6 is 15.9 Å². The third-order valence-corrected chi connectivity index (χ3v) is 2.77. The zero-order valence-corrected chi connectivity index (χ0v) is 11.3. The molecule has 0 aromatic heterocycles. The van der Waals surface area contributed by atoms with Crippen molar-refractivity contribution in [2.24, 2.45) is 5.41 Å². The van der Waals surface area contributed by atoms with E-state index in [1.807, 2.05) is 45.0 Å². The SMILES string of the molecule is CC(C)(C)C(=O)ONCc1ccccc1Br. The van der Waals surface area contributed by atoms with Gasteiger partial charge in [0.2, 0.25) is 0 Å². The van der Waals surface area contributed by atoms with Gasteiger partial charge >= 0.3 is 5.97 Å². The van der Waals surface area contributed by atoms with E-state index in [1.54, 1.807) is 0 Å². The Bertz CT molecular complexity index is 372. The van der Waals surface area contributed by atoms with E-state index >= 15 is 0 Å². The summed E-state index contributed by atoms with van der Waals surface area (Å²) in [6, 6.07) is 7.78. The van der Waals surface area contributed by atoms with Crippen molar-refractivity contribution in [3.05, 3.63) is 34.3 Å². The lowest BCUT2D eigenvalue weighted by atomic mass is 9.98. The first-order chi connectivity index (χ1) is 7.41. The van der Waals surface area contributed by atoms with Crippen molar-refractivity contribution in [3.63, 3.8) is 0 Å². The standard InChI is InChI=1S/C12H16BrNO2/c1-12(2,3)11(15)16-14-8-9-6-4-5-7-10(9)13/h4-7,14H,8H2,1-3H3. The van der Waals surface area contributed by atoms with Crippen molar-refractivity contribution in [3.8, 4) is 0 Å². The Balaban J connectivity index is 2.43. The van der Waals surface area contributed by atoms with Crippen LogP contribution in [0.3, 0.4) is 0 Å². The summed E-state index contributed by atoms with van der Waals surface area (Å²) in [5, 5.41) is 0. The smallest absolute Gasteiger partial charge is 0.329 e. The second-order valence-corrected chi connectivity index (χ2v) is 5.41. The van der Waals surface area contributed by atoms with Crippen molar-refractivity contribution in [2.75, 3.05) is 0 Å². The number of benzene rings is 1. The third-order valence-electron chi connectivity index (χ3n) is 2.00. The van der Waals surface area contributed by atoms with E-state index in [1.165, 1.54) is 0 Å². The topological polar surface area (TPSA) is 38.3 Å². The van der Waals surface area contributed by atoms with Crippen LogP contribution in [-0.4, -0.2) is 5.97 Å². The molecule has 0 bridgehead atoms. The van der Waals surface area contributed by atoms with Gasteiger partial charge in [0.25, 0.3) is 0 Å². The molecule has 0 aliphatic heterocycles. The number of carbonyl (C=O) groups excluding carboxylic acids is 1. The van der Waals surface area contributed by atoms with Crippen molar-refractivity contribution in [1.82, 2.24) is 5.48 Å². The van der Waals surface area contributed by atoms with Crippen LogP contribution < -0.4 is 5.48 Å². The van der Waals surface area contributed by atoms with E-state index in [4.69, 9.17) is 4.84 Å². The first-order valence-corrected chi connectivity index (χ1v) is 5.88. The van der Waals surface area contributed by atoms with Crippen LogP contribution in [0.4, 0.5) is 0 Å². The van der Waals surface area contributed by atoms with Gasteiger partial charge in [-0.1, -0.05) is 34.1 Å². The fourth-order valence-electron chi connectivity index (χ4n) is 0.974. The average Bonchev–Trinajstić information content (AvgIpc) is 2.19. The number of carbonyl (C=O) groups is 1. The van der Waals surface area contributed by atoms with Crippen molar-refractivity contribution < 1.29 is 9.63 Å². The van der Waals surface area contributed by atoms with Gasteiger partial charge in [-0.3, -0.25) is 0 Å². The van der Waals surface area contributed by atoms with Gasteiger partial charge in [0, 0.05) is 4.47 Å². The molecule has 0 saturated carbocycles. The molecule has 1 N–H and O–H groups in total. The zero-order valence-electron chi connectivity index (χ0n) is 9.71. The average molecular weight is 286 g/mol. The summed E-state index contributed by atoms with van der Waals surface area (Å²) in [7, 11) is 0. The van der Waals surface area contributed by atoms with Gasteiger partial charge in [-0.25, -0.2) is 4.79 Å². The summed E-state index contributed by atoms with van der Waals surface area (Å²) in [5.41, 5.74) is 3.23. The van der Waals surface area contributed by atoms with Gasteiger partial charge in [0.1, 0.15) is 0 Å². The molecule has 0 atom stereocenters. The Morgan fingerprint density at radius 1 is 1.38 bits per heavy atom. The van der Waals surface area contributed by atoms with E-state index in [2.05, 4.69) is 21.4 Å². The molecule has 1 aromatic rings. The summed E-state index contributed by atoms with van der Waals surface area (Å²) < 4.78 is 0.995. The van der Waals surface area contributed by atoms with Crippen LogP contribution in [0.2, 0.25) is 0 Å². The zero-order chi connectivity index (χ0) is 12.2. The molecule has 0 aliphatic carbocycles. The second-order valence-electron chi connectivity index (χ2n) is 4.55. The number of hydroxylamine groups is 1. The Morgan fingerprint density at radius 3 is 2.56 bits per heavy atom. The summed E-state index contributed by atoms with van der Waals surface area (Å²) in [4.78, 5) is 16.4. The lowest BCUT2D eigenvalue weighted by Gasteiger charge is -2.16. The van der Waals surface area contributed by atoms with Gasteiger partial charge in [-0.15, -0.1) is 5.48 Å². The first kappa shape index (κ1) is 13.2. The number of nitrogens with one attached hydrogen (secondary N) is 1. The predicted molar refractivity (Wildman–Crippen MR) is 66.5 cm³/mol. The highest BCUT2D eigenvalue weighted by molar-refractivity contribution is 9.10. The number of halogens is 1. The molecular formula is C12H16BrNO2. The number of rotatable bonds is 3. The Labute approximate surface area is 104 Å². The fourth-order valence-corrected chi connectivity index (χ4v) is 1.40. The summed E-state index contributed by atoms with van der Waals surface area (Å²) in [6.07, 6.45) is 0. The molecule has 3 nitrogen and oxygen atoms in total. The molecule has 0 radical (unpaired) electrons. The van der Waals surface area contributed by atoms with E-state index in [9.17, 15) is 4.79 Å². The molecule has 1 aromatic carbocycles. The van der Waals surface area contributed by atoms with Crippen LogP contribution in [0.15, 0.2) is 28.7 Å². The largest absolute Gasteiger partial charge is 0.370 e. The number of hydrogen-bond acceptors (Lipinski definition) is 3. The molecule has 88 valence electrons. The minimum Gasteiger partial charge on any atom is -0.370 e. The molecule has 0 aliphatic rings. The second kappa shape index (κ2) is 5.46. The Kier molecular flexibility index (Phi) is 4.50. The minimum absolute atomic E-state index is 0.264. The lowest BCUT2D eigenvalue weighted by Crippen LogP contribution is -2.29. The van der Waals surface area contributed by atoms with Gasteiger partial charge in [0.15, 0.2) is 0 Å². The molecule has 0 spiro atoms. The summed E-state index contributed by atoms with van der Waals surface area (Å²) >= 11 is 3.42. The minimum atomic E-state index is -0.485. The highest BCUT2D eigenvalue weighted by atomic mass is 79.9. The predicted octanol–water partition coefficient (Wildman–Crippen LogP) is 3.04. The molecule has 4 heteroatoms. The normalized spacial score (nSPS) is 11.2. The molecule has 0 unspecified atom stereocenters. The highest BCUT2D eigenvalue weighted by Gasteiger charge is 2.23. The Hall–Kier alpha value is -0.870. The van der Waals surface area contributed by atoms with Crippen molar-refractivity contribution in [1.29, 1.82) is 0 Å². The van der Waals surface area contributed by atoms with Crippen LogP contribution in [0.25, 0.3) is 0 Å². The first-order valence-electron chi connectivity index (χ1n) is 5.09. The highest BCUT2D eigenvalue weighted by Crippen LogP contribution is 2.16. The van der Waals surface area contributed by atoms with Crippen LogP contribution in [-0.2, 0) is 16.2 Å². The molecule has 0 amide bonds. The van der Waals surface area contributed by atoms with Gasteiger partial charge in [0.05, 0.1) is 12.0 Å². The maximum atomic E-state index is 11.4. The fraction of sp³-hybridized carbons (Fsp3) is 0.417. The maximum Gasteiger partial charge on any atom is 0.329 e. The Morgan fingerprint density at radius 2 is 2.00 bits per heavy atom. The monoisotopic (exact) mass is 285 g/mol. The van der Waals surface area contributed by atoms with Gasteiger partial charge in [-0.2, -0.15) is 0 Å². The number of hydrogen-bond donors (Lipinski definition) is 1. The quantitative estimate of drug-likeness (QED) is 0.868. The summed E-state index contributed by atoms with van der Waals surface area (Å²) in [5.74, 6) is -0.264. The van der Waals surface area contributed by atoms with E-state index in [0.29, 0.717) is 6.54 Å². The van der Waals surface area contributed by atoms with E-state index < -0.39 is 5.41 Å². The molecule has 1 rings (SSSR count). The molecular weight excluding hydrogens is 270 g/mol. The van der Waals surface area contributed by atoms with Crippen molar-refractivity contribution in [2.45, 2.75) is 27.3 Å². The molecule has 0 saturated heterocycles. The van der Waals surface area contributed by atoms with Crippen molar-refractivity contribution >= 4 is 21.9 Å². The van der Waals surface area contributed by atoms with Crippen LogP contribution in [0.1, 0.15) is 26.3 Å². The molecule has 16 heavy (non-hydrogen) atoms. The third kappa shape index (κ3) is 3.94. The summed E-state index contributed by atoms with van der Waals surface area (Å²) in [6.45, 7) is 5.93. The molecule has 0 fully saturated rings. The maximum absolute atomic E-state index is 11.4. The van der Waals surface area contributed by atoms with E-state index in [-0.39, 0.29) is 5.97 Å².